The van der Waals surface area contributed by atoms with Gasteiger partial charge in [-0.15, -0.1) is 0 Å². The Morgan fingerprint density at radius 3 is 2.60 bits per heavy atom. The van der Waals surface area contributed by atoms with E-state index in [0.717, 1.165) is 12.1 Å². The zero-order valence-corrected chi connectivity index (χ0v) is 9.48. The molecule has 0 aromatic heterocycles. The molecule has 0 saturated carbocycles. The molecule has 0 aliphatic rings. The molecule has 15 heavy (non-hydrogen) atoms. The topological polar surface area (TPSA) is 60.2 Å². The molecule has 0 amide bonds. The van der Waals surface area contributed by atoms with Gasteiger partial charge in [0.05, 0.1) is 15.7 Å². The highest BCUT2D eigenvalue weighted by Gasteiger charge is 2.15. The van der Waals surface area contributed by atoms with Crippen molar-refractivity contribution in [2.24, 2.45) is 5.73 Å². The lowest BCUT2D eigenvalue weighted by Gasteiger charge is -2.04. The third kappa shape index (κ3) is 3.15. The largest absolute Gasteiger partial charge is 0.330 e. The van der Waals surface area contributed by atoms with Gasteiger partial charge >= 0.3 is 0 Å². The van der Waals surface area contributed by atoms with E-state index >= 15 is 0 Å². The maximum Gasteiger partial charge on any atom is 0.178 e. The van der Waals surface area contributed by atoms with E-state index in [0.29, 0.717) is 13.0 Å². The Balaban J connectivity index is 3.00. The molecule has 0 spiro atoms. The number of sulfone groups is 1. The lowest BCUT2D eigenvalue weighted by Crippen LogP contribution is -2.11. The van der Waals surface area contributed by atoms with E-state index in [-0.39, 0.29) is 15.7 Å². The minimum Gasteiger partial charge on any atom is -0.330 e. The van der Waals surface area contributed by atoms with Crippen LogP contribution in [0.2, 0.25) is 5.02 Å². The van der Waals surface area contributed by atoms with Crippen molar-refractivity contribution in [3.63, 3.8) is 0 Å². The first-order chi connectivity index (χ1) is 6.97. The zero-order valence-electron chi connectivity index (χ0n) is 7.91. The highest BCUT2D eigenvalue weighted by Crippen LogP contribution is 2.20. The summed E-state index contributed by atoms with van der Waals surface area (Å²) in [7, 11) is -3.39. The van der Waals surface area contributed by atoms with Crippen LogP contribution in [0, 0.1) is 5.82 Å². The molecule has 0 radical (unpaired) electrons. The molecule has 0 unspecified atom stereocenters. The Morgan fingerprint density at radius 2 is 2.07 bits per heavy atom. The average molecular weight is 252 g/mol. The molecule has 3 nitrogen and oxygen atoms in total. The predicted octanol–water partition coefficient (Wildman–Crippen LogP) is 1.60. The van der Waals surface area contributed by atoms with Gasteiger partial charge in [-0.25, -0.2) is 12.8 Å². The second kappa shape index (κ2) is 4.92. The number of hydrogen-bond donors (Lipinski definition) is 1. The van der Waals surface area contributed by atoms with Crippen molar-refractivity contribution in [3.8, 4) is 0 Å². The van der Waals surface area contributed by atoms with Crippen LogP contribution in [-0.2, 0) is 9.84 Å². The first-order valence-electron chi connectivity index (χ1n) is 4.35. The van der Waals surface area contributed by atoms with Crippen molar-refractivity contribution < 1.29 is 12.8 Å². The van der Waals surface area contributed by atoms with Crippen molar-refractivity contribution in [3.05, 3.63) is 29.0 Å². The van der Waals surface area contributed by atoms with Crippen LogP contribution in [0.25, 0.3) is 0 Å². The number of nitrogens with two attached hydrogens (primary N) is 1. The Morgan fingerprint density at radius 1 is 1.40 bits per heavy atom. The monoisotopic (exact) mass is 251 g/mol. The summed E-state index contributed by atoms with van der Waals surface area (Å²) in [5, 5.41) is -0.191. The van der Waals surface area contributed by atoms with Crippen LogP contribution in [0.3, 0.4) is 0 Å². The summed E-state index contributed by atoms with van der Waals surface area (Å²) in [5.41, 5.74) is 5.22. The van der Waals surface area contributed by atoms with Crippen LogP contribution in [0.5, 0.6) is 0 Å². The second-order valence-electron chi connectivity index (χ2n) is 3.04. The van der Waals surface area contributed by atoms with Crippen molar-refractivity contribution in [2.45, 2.75) is 11.3 Å². The molecule has 0 heterocycles. The van der Waals surface area contributed by atoms with Gasteiger partial charge < -0.3 is 5.73 Å². The molecule has 2 N–H and O–H groups in total. The summed E-state index contributed by atoms with van der Waals surface area (Å²) in [4.78, 5) is 0.0300. The summed E-state index contributed by atoms with van der Waals surface area (Å²) in [6.45, 7) is 0.300. The highest BCUT2D eigenvalue weighted by molar-refractivity contribution is 7.91. The molecule has 1 aromatic carbocycles. The van der Waals surface area contributed by atoms with E-state index in [2.05, 4.69) is 0 Å². The van der Waals surface area contributed by atoms with Crippen molar-refractivity contribution in [2.75, 3.05) is 12.3 Å². The molecule has 0 aliphatic carbocycles. The van der Waals surface area contributed by atoms with Crippen LogP contribution >= 0.6 is 11.6 Å². The molecule has 0 aliphatic heterocycles. The van der Waals surface area contributed by atoms with Gasteiger partial charge in [0.1, 0.15) is 5.82 Å². The first-order valence-corrected chi connectivity index (χ1v) is 6.38. The second-order valence-corrected chi connectivity index (χ2v) is 5.55. The molecule has 1 aromatic rings. The molecular weight excluding hydrogens is 241 g/mol. The lowest BCUT2D eigenvalue weighted by molar-refractivity contribution is 0.592. The van der Waals surface area contributed by atoms with Gasteiger partial charge in [-0.1, -0.05) is 11.6 Å². The molecule has 6 heteroatoms. The van der Waals surface area contributed by atoms with Crippen molar-refractivity contribution in [1.82, 2.24) is 0 Å². The van der Waals surface area contributed by atoms with Crippen LogP contribution in [0.15, 0.2) is 23.1 Å². The van der Waals surface area contributed by atoms with Crippen molar-refractivity contribution in [1.29, 1.82) is 0 Å². The lowest BCUT2D eigenvalue weighted by atomic mass is 10.3. The van der Waals surface area contributed by atoms with E-state index in [9.17, 15) is 12.8 Å². The van der Waals surface area contributed by atoms with Gasteiger partial charge in [-0.2, -0.15) is 0 Å². The van der Waals surface area contributed by atoms with Gasteiger partial charge in [0.15, 0.2) is 9.84 Å². The first kappa shape index (κ1) is 12.4. The molecular formula is C9H11ClFNO2S. The fraction of sp³-hybridized carbons (Fsp3) is 0.333. The van der Waals surface area contributed by atoms with Gasteiger partial charge in [-0.05, 0) is 31.2 Å². The standard InChI is InChI=1S/C9H11ClFNO2S/c10-8-6-7(2-3-9(8)11)15(13,14)5-1-4-12/h2-3,6H,1,4-5,12H2. The zero-order chi connectivity index (χ0) is 11.5. The smallest absolute Gasteiger partial charge is 0.178 e. The summed E-state index contributed by atoms with van der Waals surface area (Å²) in [6.07, 6.45) is 0.372. The van der Waals surface area contributed by atoms with Crippen molar-refractivity contribution >= 4 is 21.4 Å². The Kier molecular flexibility index (Phi) is 4.07. The van der Waals surface area contributed by atoms with Crippen LogP contribution in [0.1, 0.15) is 6.42 Å². The minimum atomic E-state index is -3.39. The van der Waals surface area contributed by atoms with Gasteiger partial charge in [-0.3, -0.25) is 0 Å². The summed E-state index contributed by atoms with van der Waals surface area (Å²) in [5.74, 6) is -0.680. The number of rotatable bonds is 4. The normalized spacial score (nSPS) is 11.7. The maximum absolute atomic E-state index is 12.8. The predicted molar refractivity (Wildman–Crippen MR) is 57.1 cm³/mol. The van der Waals surface area contributed by atoms with Gasteiger partial charge in [0, 0.05) is 0 Å². The highest BCUT2D eigenvalue weighted by atomic mass is 35.5. The fourth-order valence-corrected chi connectivity index (χ4v) is 2.66. The number of halogens is 2. The Hall–Kier alpha value is -0.650. The minimum absolute atomic E-state index is 0.0300. The van der Waals surface area contributed by atoms with E-state index in [1.54, 1.807) is 0 Å². The summed E-state index contributed by atoms with van der Waals surface area (Å²) < 4.78 is 36.0. The van der Waals surface area contributed by atoms with E-state index in [1.165, 1.54) is 6.07 Å². The van der Waals surface area contributed by atoms with E-state index < -0.39 is 15.7 Å². The molecule has 0 saturated heterocycles. The maximum atomic E-state index is 12.8. The van der Waals surface area contributed by atoms with Crippen LogP contribution in [-0.4, -0.2) is 20.7 Å². The molecule has 84 valence electrons. The third-order valence-corrected chi connectivity index (χ3v) is 3.96. The molecule has 1 rings (SSSR count). The molecule has 0 atom stereocenters. The van der Waals surface area contributed by atoms with E-state index in [4.69, 9.17) is 17.3 Å². The van der Waals surface area contributed by atoms with Gasteiger partial charge in [0.2, 0.25) is 0 Å². The SMILES string of the molecule is NCCCS(=O)(=O)c1ccc(F)c(Cl)c1. The number of hydrogen-bond acceptors (Lipinski definition) is 3. The average Bonchev–Trinajstić information content (AvgIpc) is 2.19. The Bertz CT molecular complexity index is 447. The summed E-state index contributed by atoms with van der Waals surface area (Å²) >= 11 is 5.49. The van der Waals surface area contributed by atoms with Crippen LogP contribution in [0.4, 0.5) is 4.39 Å². The molecule has 0 bridgehead atoms. The quantitative estimate of drug-likeness (QED) is 0.827. The Labute approximate surface area is 93.0 Å². The number of benzene rings is 1. The summed E-state index contributed by atoms with van der Waals surface area (Å²) in [6, 6.07) is 3.35. The van der Waals surface area contributed by atoms with Gasteiger partial charge in [0.25, 0.3) is 0 Å². The van der Waals surface area contributed by atoms with Crippen LogP contribution < -0.4 is 5.73 Å². The third-order valence-electron chi connectivity index (χ3n) is 1.87. The van der Waals surface area contributed by atoms with E-state index in [1.807, 2.05) is 0 Å². The molecule has 0 fully saturated rings. The fourth-order valence-electron chi connectivity index (χ4n) is 1.06.